The fourth-order valence-corrected chi connectivity index (χ4v) is 4.27. The highest BCUT2D eigenvalue weighted by atomic mass is 16.6. The predicted molar refractivity (Wildman–Crippen MR) is 124 cm³/mol. The molecule has 3 rings (SSSR count). The summed E-state index contributed by atoms with van der Waals surface area (Å²) in [4.78, 5) is 27.6. The number of ketones is 2. The lowest BCUT2D eigenvalue weighted by atomic mass is 9.85. The Hall–Kier alpha value is -2.53. The summed E-state index contributed by atoms with van der Waals surface area (Å²) in [7, 11) is 0. The molecule has 192 valence electrons. The van der Waals surface area contributed by atoms with Crippen LogP contribution in [-0.4, -0.2) is 83.3 Å². The highest BCUT2D eigenvalue weighted by Crippen LogP contribution is 2.37. The van der Waals surface area contributed by atoms with Gasteiger partial charge in [0.25, 0.3) is 0 Å². The number of hydrogen-bond acceptors (Lipinski definition) is 9. The molecule has 2 aliphatic heterocycles. The Bertz CT molecular complexity index is 918. The lowest BCUT2D eigenvalue weighted by Crippen LogP contribution is -2.51. The molecule has 2 aliphatic rings. The molecule has 2 saturated heterocycles. The van der Waals surface area contributed by atoms with E-state index in [4.69, 9.17) is 19.7 Å². The molecule has 11 nitrogen and oxygen atoms in total. The molecule has 2 heterocycles. The van der Waals surface area contributed by atoms with Gasteiger partial charge in [0.15, 0.2) is 5.78 Å². The van der Waals surface area contributed by atoms with Crippen LogP contribution in [0.3, 0.4) is 0 Å². The van der Waals surface area contributed by atoms with Crippen LogP contribution in [0.4, 0.5) is 0 Å². The van der Waals surface area contributed by atoms with Crippen molar-refractivity contribution in [1.29, 1.82) is 0 Å². The van der Waals surface area contributed by atoms with Crippen LogP contribution < -0.4 is 4.74 Å². The SMILES string of the molecule is C[C@H]([C@@H]1O[C@H]1C[C@@H]1OC[C@H](CC(=O)CC(=O)c2ccc(OCCN=[N+]=[N-])cc2)[C@@H](O)[C@H]1O)[C@H](C)O. The van der Waals surface area contributed by atoms with Gasteiger partial charge >= 0.3 is 0 Å². The van der Waals surface area contributed by atoms with Crippen LogP contribution in [0, 0.1) is 11.8 Å². The molecule has 11 heteroatoms. The molecule has 1 aromatic rings. The smallest absolute Gasteiger partial charge is 0.170 e. The lowest BCUT2D eigenvalue weighted by molar-refractivity contribution is -0.170. The van der Waals surface area contributed by atoms with E-state index < -0.39 is 30.3 Å². The summed E-state index contributed by atoms with van der Waals surface area (Å²) in [5.41, 5.74) is 8.60. The van der Waals surface area contributed by atoms with E-state index in [1.54, 1.807) is 31.2 Å². The Labute approximate surface area is 203 Å². The Morgan fingerprint density at radius 2 is 1.91 bits per heavy atom. The molecule has 0 saturated carbocycles. The topological polar surface area (TPSA) is 175 Å². The molecule has 0 unspecified atom stereocenters. The second kappa shape index (κ2) is 12.4. The standard InChI is InChI=1S/C24H33N3O8/c1-13(14(2)28)24-21(35-24)11-20-23(32)22(31)16(12-34-20)9-17(29)10-19(30)15-3-5-18(6-4-15)33-8-7-26-27-25/h3-6,13-14,16,20-24,28,31-32H,7-12H2,1-2H3/t13-,14-,16-,20-,21-,22+,23-,24-/m0/s1. The van der Waals surface area contributed by atoms with Crippen LogP contribution in [0.2, 0.25) is 0 Å². The molecule has 0 spiro atoms. The fourth-order valence-electron chi connectivity index (χ4n) is 4.27. The molecule has 0 aromatic heterocycles. The number of ether oxygens (including phenoxy) is 3. The zero-order chi connectivity index (χ0) is 25.5. The number of benzene rings is 1. The number of aliphatic hydroxyl groups excluding tert-OH is 3. The summed E-state index contributed by atoms with van der Waals surface area (Å²) in [6.07, 6.45) is -3.72. The number of azide groups is 1. The van der Waals surface area contributed by atoms with Gasteiger partial charge in [0.1, 0.15) is 17.6 Å². The molecule has 0 radical (unpaired) electrons. The summed E-state index contributed by atoms with van der Waals surface area (Å²) in [6.45, 7) is 4.08. The third-order valence-electron chi connectivity index (χ3n) is 6.65. The van der Waals surface area contributed by atoms with Crippen molar-refractivity contribution in [2.45, 2.75) is 69.7 Å². The number of aliphatic hydroxyl groups is 3. The average Bonchev–Trinajstić information content (AvgIpc) is 3.60. The molecule has 0 aliphatic carbocycles. The number of Topliss-reactive ketones (excluding diaryl/α,β-unsaturated/α-hetero) is 2. The monoisotopic (exact) mass is 491 g/mol. The zero-order valence-corrected chi connectivity index (χ0v) is 19.9. The highest BCUT2D eigenvalue weighted by Gasteiger charge is 2.48. The van der Waals surface area contributed by atoms with Gasteiger partial charge in [-0.15, -0.1) is 0 Å². The summed E-state index contributed by atoms with van der Waals surface area (Å²) in [6, 6.07) is 6.30. The molecule has 35 heavy (non-hydrogen) atoms. The van der Waals surface area contributed by atoms with Crippen LogP contribution in [0.25, 0.3) is 10.4 Å². The second-order valence-electron chi connectivity index (χ2n) is 9.26. The van der Waals surface area contributed by atoms with Crippen molar-refractivity contribution < 1.29 is 39.1 Å². The summed E-state index contributed by atoms with van der Waals surface area (Å²) in [5, 5.41) is 34.1. The Balaban J connectivity index is 1.43. The van der Waals surface area contributed by atoms with Crippen molar-refractivity contribution in [3.8, 4) is 5.75 Å². The largest absolute Gasteiger partial charge is 0.493 e. The first-order valence-corrected chi connectivity index (χ1v) is 11.8. The van der Waals surface area contributed by atoms with Gasteiger partial charge in [-0.2, -0.15) is 0 Å². The van der Waals surface area contributed by atoms with Crippen molar-refractivity contribution >= 4 is 11.6 Å². The molecule has 1 aromatic carbocycles. The van der Waals surface area contributed by atoms with Crippen LogP contribution in [0.15, 0.2) is 29.4 Å². The van der Waals surface area contributed by atoms with Gasteiger partial charge < -0.3 is 29.5 Å². The highest BCUT2D eigenvalue weighted by molar-refractivity contribution is 6.08. The first-order valence-electron chi connectivity index (χ1n) is 11.8. The quantitative estimate of drug-likeness (QED) is 0.0712. The maximum absolute atomic E-state index is 12.5. The van der Waals surface area contributed by atoms with Crippen LogP contribution in [-0.2, 0) is 14.3 Å². The summed E-state index contributed by atoms with van der Waals surface area (Å²) >= 11 is 0. The van der Waals surface area contributed by atoms with E-state index in [0.29, 0.717) is 17.7 Å². The second-order valence-corrected chi connectivity index (χ2v) is 9.26. The molecule has 3 N–H and O–H groups in total. The third kappa shape index (κ3) is 7.47. The van der Waals surface area contributed by atoms with Crippen molar-refractivity contribution in [3.05, 3.63) is 40.3 Å². The van der Waals surface area contributed by atoms with Gasteiger partial charge in [-0.05, 0) is 36.7 Å². The number of epoxide rings is 1. The van der Waals surface area contributed by atoms with Gasteiger partial charge in [-0.3, -0.25) is 9.59 Å². The van der Waals surface area contributed by atoms with E-state index in [1.807, 2.05) is 6.92 Å². The van der Waals surface area contributed by atoms with Gasteiger partial charge in [0.2, 0.25) is 0 Å². The zero-order valence-electron chi connectivity index (χ0n) is 19.9. The van der Waals surface area contributed by atoms with Crippen molar-refractivity contribution in [3.63, 3.8) is 0 Å². The fraction of sp³-hybridized carbons (Fsp3) is 0.667. The maximum Gasteiger partial charge on any atom is 0.170 e. The maximum atomic E-state index is 12.5. The number of carbonyl (C=O) groups is 2. The van der Waals surface area contributed by atoms with Crippen molar-refractivity contribution in [2.75, 3.05) is 19.8 Å². The Morgan fingerprint density at radius 1 is 1.20 bits per heavy atom. The predicted octanol–water partition coefficient (Wildman–Crippen LogP) is 1.82. The van der Waals surface area contributed by atoms with Gasteiger partial charge in [-0.25, -0.2) is 0 Å². The molecule has 8 atom stereocenters. The van der Waals surface area contributed by atoms with Crippen LogP contribution in [0.1, 0.15) is 43.5 Å². The Kier molecular flexibility index (Phi) is 9.62. The molecule has 0 amide bonds. The molecule has 2 fully saturated rings. The van der Waals surface area contributed by atoms with E-state index in [9.17, 15) is 24.9 Å². The van der Waals surface area contributed by atoms with E-state index in [1.165, 1.54) is 0 Å². The van der Waals surface area contributed by atoms with Crippen molar-refractivity contribution in [1.82, 2.24) is 0 Å². The van der Waals surface area contributed by atoms with E-state index in [0.717, 1.165) is 0 Å². The summed E-state index contributed by atoms with van der Waals surface area (Å²) < 4.78 is 16.7. The minimum Gasteiger partial charge on any atom is -0.493 e. The number of nitrogens with zero attached hydrogens (tertiary/aromatic N) is 3. The Morgan fingerprint density at radius 3 is 2.57 bits per heavy atom. The minimum absolute atomic E-state index is 0.0403. The molecular weight excluding hydrogens is 458 g/mol. The normalized spacial score (nSPS) is 29.5. The minimum atomic E-state index is -1.17. The molecule has 0 bridgehead atoms. The van der Waals surface area contributed by atoms with E-state index >= 15 is 0 Å². The van der Waals surface area contributed by atoms with Crippen LogP contribution >= 0.6 is 0 Å². The van der Waals surface area contributed by atoms with Gasteiger partial charge in [-0.1, -0.05) is 12.0 Å². The van der Waals surface area contributed by atoms with E-state index in [2.05, 4.69) is 10.0 Å². The van der Waals surface area contributed by atoms with E-state index in [-0.39, 0.29) is 62.3 Å². The number of carbonyl (C=O) groups excluding carboxylic acids is 2. The number of rotatable bonds is 13. The third-order valence-corrected chi connectivity index (χ3v) is 6.65. The van der Waals surface area contributed by atoms with Gasteiger partial charge in [0, 0.05) is 35.2 Å². The average molecular weight is 492 g/mol. The summed E-state index contributed by atoms with van der Waals surface area (Å²) in [5.74, 6) is -0.846. The van der Waals surface area contributed by atoms with Crippen LogP contribution in [0.5, 0.6) is 5.75 Å². The number of hydrogen-bond donors (Lipinski definition) is 3. The molecular formula is C24H33N3O8. The first kappa shape index (κ1) is 27.1. The first-order chi connectivity index (χ1) is 16.7. The van der Waals surface area contributed by atoms with Crippen molar-refractivity contribution in [2.24, 2.45) is 17.0 Å². The lowest BCUT2D eigenvalue weighted by Gasteiger charge is -2.37. The van der Waals surface area contributed by atoms with Gasteiger partial charge in [0.05, 0.1) is 56.7 Å².